The van der Waals surface area contributed by atoms with E-state index in [1.54, 1.807) is 0 Å². The van der Waals surface area contributed by atoms with E-state index >= 15 is 9.46 Å². The number of fused-ring (bicyclic) bond motifs is 8. The fraction of sp³-hybridized carbons (Fsp3) is 0.612. The van der Waals surface area contributed by atoms with Gasteiger partial charge in [-0.05, 0) is 48.5 Å². The first-order valence-corrected chi connectivity index (χ1v) is 55.6. The van der Waals surface area contributed by atoms with Gasteiger partial charge in [-0.3, -0.25) is 71.1 Å². The molecule has 8 aromatic rings. The van der Waals surface area contributed by atoms with Gasteiger partial charge in [-0.1, -0.05) is 59.0 Å². The molecule has 11 N–H and O–H groups in total. The van der Waals surface area contributed by atoms with Crippen LogP contribution in [0.2, 0.25) is 0 Å². The van der Waals surface area contributed by atoms with Crippen molar-refractivity contribution in [3.05, 3.63) is 149 Å². The van der Waals surface area contributed by atoms with E-state index in [0.29, 0.717) is 0 Å². The average Bonchev–Trinajstić information content (AvgIpc) is 1.54. The van der Waals surface area contributed by atoms with Crippen LogP contribution in [0.1, 0.15) is 99.7 Å². The Morgan fingerprint density at radius 2 is 0.873 bits per heavy atom. The molecule has 0 aliphatic carbocycles. The summed E-state index contributed by atoms with van der Waals surface area (Å²) in [6.07, 6.45) is -23.2. The summed E-state index contributed by atoms with van der Waals surface area (Å²) >= 11 is 32.9. The Morgan fingerprint density at radius 1 is 0.470 bits per heavy atom. The monoisotopic (exact) mass is 2110 g/mol. The Morgan fingerprint density at radius 3 is 1.38 bits per heavy atom. The molecule has 0 spiro atoms. The number of aryl methyl sites for hydroxylation is 4. The number of nitrogens with two attached hydrogens (primary N) is 3. The van der Waals surface area contributed by atoms with Gasteiger partial charge < -0.3 is 156 Å². The Bertz CT molecular complexity index is 6810. The van der Waals surface area contributed by atoms with Gasteiger partial charge in [-0.15, -0.1) is 0 Å². The molecule has 67 heteroatoms. The van der Waals surface area contributed by atoms with Gasteiger partial charge in [0.1, 0.15) is 142 Å². The van der Waals surface area contributed by atoms with Crippen molar-refractivity contribution in [2.24, 2.45) is 0 Å². The van der Waals surface area contributed by atoms with Crippen molar-refractivity contribution < 1.29 is 131 Å². The molecule has 6 bridgehead atoms. The van der Waals surface area contributed by atoms with Gasteiger partial charge in [-0.2, -0.15) is 9.97 Å². The van der Waals surface area contributed by atoms with Crippen molar-refractivity contribution in [2.75, 3.05) is 64.0 Å². The lowest BCUT2D eigenvalue weighted by atomic mass is 9.94. The number of hydrogen-bond acceptors (Lipinski definition) is 51. The molecule has 9 saturated heterocycles. The molecule has 9 aliphatic rings. The molecule has 0 radical (unpaired) electrons. The predicted molar refractivity (Wildman–Crippen MR) is 465 cm³/mol. The summed E-state index contributed by atoms with van der Waals surface area (Å²) in [5, 5.41) is 11.1. The number of aliphatic hydroxyl groups is 1. The molecular formula is C67H81N19O36P6S6-6. The summed E-state index contributed by atoms with van der Waals surface area (Å²) in [6, 6.07) is 0. The number of nitrogens with zero attached hydrogens (tertiary/aromatic N) is 12. The van der Waals surface area contributed by atoms with Crippen LogP contribution in [0.15, 0.2) is 82.1 Å². The van der Waals surface area contributed by atoms with Crippen molar-refractivity contribution >= 4 is 152 Å². The highest BCUT2D eigenvalue weighted by Crippen LogP contribution is 2.64. The molecule has 9 aliphatic heterocycles. The van der Waals surface area contributed by atoms with E-state index in [-0.39, 0.29) is 75.0 Å². The number of hydrogen-bond donors (Lipinski definition) is 8. The van der Waals surface area contributed by atoms with Crippen LogP contribution in [0.5, 0.6) is 0 Å². The van der Waals surface area contributed by atoms with E-state index in [4.69, 9.17) is 185 Å². The molecule has 55 nitrogen and oxygen atoms in total. The highest BCUT2D eigenvalue weighted by molar-refractivity contribution is 8.32. The third-order valence-corrected chi connectivity index (χ3v) is 33.5. The summed E-state index contributed by atoms with van der Waals surface area (Å²) in [7, 11) is 1.01. The number of aromatic nitrogens is 16. The molecule has 0 amide bonds. The molecule has 12 unspecified atom stereocenters. The molecule has 134 heavy (non-hydrogen) atoms. The number of anilines is 3. The van der Waals surface area contributed by atoms with Gasteiger partial charge in [0.05, 0.1) is 88.9 Å². The first-order chi connectivity index (χ1) is 62.9. The summed E-state index contributed by atoms with van der Waals surface area (Å²) in [5.41, 5.74) is 5.32. The number of nitrogens with one attached hydrogen (secondary N) is 4. The molecule has 17 rings (SSSR count). The average molecular weight is 2110 g/mol. The predicted octanol–water partition coefficient (Wildman–Crippen LogP) is -4.51. The number of ether oxygens (including phenoxy) is 9. The lowest BCUT2D eigenvalue weighted by Crippen LogP contribution is -2.52. The fourth-order valence-corrected chi connectivity index (χ4v) is 25.5. The number of nitrogen functional groups attached to an aromatic ring is 3. The quantitative estimate of drug-likeness (QED) is 0.0137. The maximum Gasteiger partial charge on any atom is 0.351 e. The summed E-state index contributed by atoms with van der Waals surface area (Å²) in [4.78, 5) is 211. The number of aliphatic hydroxyl groups excluding tert-OH is 1. The van der Waals surface area contributed by atoms with Gasteiger partial charge in [-0.25, -0.2) is 39.1 Å². The summed E-state index contributed by atoms with van der Waals surface area (Å²) < 4.78 is 151. The normalized spacial score (nSPS) is 34.2. The second-order valence-electron chi connectivity index (χ2n) is 32.5. The standard InChI is InChI=1S/C67H87N19O36P6S6/c1-25-12-83(61(92)75-49(25)68)57-45-48(67(115-57,31(7)110-45)21-106-127(100,133)120-46-43-59(114-65(46,19-87)29(5)108-43)86-24-74-42-52(86)76-60(70)77-56(42)91)122-128(101,134)107-20-66-30(6)109-44(58(116-66)84-15-28(4)55(90)80-64(84)95)47(66)121-126(99,132)105-18-37-34(11-40(113-37)85-23-73-41-50(69)71-22-72-51(41)85)119-125(98,131)104-17-36-33(10-39(112-36)82-14-27(3)54(89)79-63(82)94)118-124(97,130)103-16-35-32(117-123(96,129)102-8)9-38(111-35)81-13-26(2)53(88)78-62(81)93/h12-15,22-24,29-40,43-48,57-59,87H,9-11,16-21H2,1-8H3,(H,96,129)(H,97,130)(H,98,131)(H,99,132)(H,100,133)(H,101,134)(H2,68,75,92)(H2,69,71,72)(H,78,88,93)(H,79,89,94)(H,80,90,95)(H3,70,76,77,91)/p-6/t29-,30-,31-,32?,33?,34?,35+,36+,37+,38+,39+,40+,43-,44-,45-,46?,47?,48?,57+,58+,59+,65-,66-,67-,123?,124?,125?,126?,127?,128?/m0/s1. The highest BCUT2D eigenvalue weighted by Gasteiger charge is 2.72. The van der Waals surface area contributed by atoms with Crippen molar-refractivity contribution in [2.45, 2.75) is 213 Å². The van der Waals surface area contributed by atoms with E-state index < -0.39 is 277 Å². The molecule has 30 atom stereocenters. The minimum atomic E-state index is -5.24. The van der Waals surface area contributed by atoms with Crippen LogP contribution in [0.3, 0.4) is 0 Å². The van der Waals surface area contributed by atoms with E-state index in [9.17, 15) is 63.0 Å². The van der Waals surface area contributed by atoms with E-state index in [1.807, 2.05) is 0 Å². The van der Waals surface area contributed by atoms with Crippen molar-refractivity contribution in [3.8, 4) is 0 Å². The lowest BCUT2D eigenvalue weighted by molar-refractivity contribution is -0.240. The van der Waals surface area contributed by atoms with Gasteiger partial charge in [0, 0.05) is 73.4 Å². The lowest BCUT2D eigenvalue weighted by Gasteiger charge is -2.42. The third kappa shape index (κ3) is 19.1. The second kappa shape index (κ2) is 37.1. The smallest absolute Gasteiger partial charge is 0.351 e. The Hall–Kier alpha value is -6.03. The van der Waals surface area contributed by atoms with E-state index in [1.165, 1.54) is 82.6 Å². The van der Waals surface area contributed by atoms with Crippen molar-refractivity contribution in [3.63, 3.8) is 0 Å². The zero-order chi connectivity index (χ0) is 96.3. The maximum absolute atomic E-state index is 15.5. The largest absolute Gasteiger partial charge is 0.780 e. The van der Waals surface area contributed by atoms with E-state index in [2.05, 4.69) is 49.8 Å². The number of rotatable bonds is 35. The zero-order valence-corrected chi connectivity index (χ0v) is 80.8. The number of imidazole rings is 2. The minimum absolute atomic E-state index is 0.0302. The summed E-state index contributed by atoms with van der Waals surface area (Å²) in [6.45, 7) is -24.9. The second-order valence-corrected chi connectivity index (χ2v) is 48.8. The maximum atomic E-state index is 15.5. The Balaban J connectivity index is 0.618. The number of H-pyrrole nitrogens is 4. The molecule has 17 heterocycles. The third-order valence-electron chi connectivity index (χ3n) is 24.2. The summed E-state index contributed by atoms with van der Waals surface area (Å²) in [5.74, 6) is -0.498. The van der Waals surface area contributed by atoms with Crippen molar-refractivity contribution in [1.82, 2.24) is 77.2 Å². The Kier molecular flexibility index (Phi) is 27.6. The molecule has 732 valence electrons. The zero-order valence-electron chi connectivity index (χ0n) is 70.5. The molecule has 0 aromatic carbocycles. The SMILES string of the molecule is COP([O-])(=S)OC1C[C@H](n2cc(C)c(=O)[nH]c2=O)O[C@@H]1COP([O-])(=S)OC1C[C@H](n2cc(C)c(=O)[nH]c2=O)O[C@@H]1COP([O-])(=S)OC1C[C@H](n2cnc3c(N)ncnc32)O[C@@H]1COP([O-])(=S)OC1[C@@H]2O[C@@H](C)[C@]1(COP(=O)([S-])OC1[C@@H]3O[C@@H](C)[C@]1(COP([O-])(=S)OC1[C@@H]4O[C@@H](C)[C@]1(CO)O[C@H]4n1cnc4c(=O)[nH]c(N)nc41)O[C@H]3n1cc(C)c(N)nc1=O)O[C@H]2n1cc(C)c(=O)[nH]c1=O. The molecule has 9 fully saturated rings. The molecular weight excluding hydrogens is 2030 g/mol. The van der Waals surface area contributed by atoms with Crippen LogP contribution in [0.4, 0.5) is 17.6 Å². The topological polar surface area (TPSA) is 731 Å². The van der Waals surface area contributed by atoms with Crippen LogP contribution >= 0.6 is 40.4 Å². The van der Waals surface area contributed by atoms with Crippen LogP contribution in [-0.4, -0.2) is 237 Å². The molecule has 8 aromatic heterocycles. The van der Waals surface area contributed by atoms with Crippen LogP contribution in [0.25, 0.3) is 22.3 Å². The van der Waals surface area contributed by atoms with Crippen LogP contribution < -0.4 is 86.7 Å². The first kappa shape index (κ1) is 99.5. The fourth-order valence-electron chi connectivity index (χ4n) is 17.3. The van der Waals surface area contributed by atoms with Crippen molar-refractivity contribution in [1.29, 1.82) is 0 Å². The highest BCUT2D eigenvalue weighted by atomic mass is 32.7. The minimum Gasteiger partial charge on any atom is -0.780 e. The van der Waals surface area contributed by atoms with Gasteiger partial charge in [0.25, 0.3) is 22.2 Å². The van der Waals surface area contributed by atoms with Crippen LogP contribution in [-0.2, 0) is 173 Å². The molecule has 0 saturated carbocycles. The first-order valence-electron chi connectivity index (χ1n) is 40.2. The van der Waals surface area contributed by atoms with Gasteiger partial charge in [0.15, 0.2) is 48.1 Å². The van der Waals surface area contributed by atoms with Crippen LogP contribution in [0, 0.1) is 27.7 Å². The number of aromatic amines is 4. The Labute approximate surface area is 781 Å². The van der Waals surface area contributed by atoms with Gasteiger partial charge >= 0.3 is 22.8 Å². The van der Waals surface area contributed by atoms with Gasteiger partial charge in [0.2, 0.25) is 5.95 Å². The van der Waals surface area contributed by atoms with E-state index in [0.717, 1.165) is 44.1 Å².